The molecule has 0 atom stereocenters. The third-order valence-electron chi connectivity index (χ3n) is 22.6. The van der Waals surface area contributed by atoms with Gasteiger partial charge in [-0.25, -0.2) is 0 Å². The summed E-state index contributed by atoms with van der Waals surface area (Å²) in [6.07, 6.45) is 49.3. The van der Waals surface area contributed by atoms with E-state index in [9.17, 15) is 0 Å². The van der Waals surface area contributed by atoms with E-state index in [1.165, 1.54) is 154 Å². The van der Waals surface area contributed by atoms with Crippen molar-refractivity contribution in [1.82, 2.24) is 19.6 Å². The largest absolute Gasteiger partial charge is 0.336 e. The highest BCUT2D eigenvalue weighted by molar-refractivity contribution is 5.97. The van der Waals surface area contributed by atoms with E-state index in [0.29, 0.717) is 62.2 Å². The topological polar surface area (TPSA) is 81.2 Å². The summed E-state index contributed by atoms with van der Waals surface area (Å²) in [7, 11) is 0. The van der Waals surface area contributed by atoms with Gasteiger partial charge in [-0.15, -0.1) is 0 Å². The van der Waals surface area contributed by atoms with Gasteiger partial charge in [0.05, 0.1) is 21.7 Å². The van der Waals surface area contributed by atoms with Gasteiger partial charge < -0.3 is 19.6 Å². The van der Waals surface area contributed by atoms with Gasteiger partial charge in [0.2, 0.25) is 23.6 Å². The molecule has 70 heavy (non-hydrogen) atoms. The second kappa shape index (κ2) is 21.6. The minimum absolute atomic E-state index is 0.227. The van der Waals surface area contributed by atoms with Crippen molar-refractivity contribution in [2.24, 2.45) is 21.7 Å². The molecular weight excluding hydrogens is 865 g/mol. The molecule has 0 radical (unpaired) electrons. The van der Waals surface area contributed by atoms with E-state index in [4.69, 9.17) is 0 Å². The van der Waals surface area contributed by atoms with Crippen LogP contribution in [0.5, 0.6) is 0 Å². The van der Waals surface area contributed by atoms with Gasteiger partial charge in [-0.3, -0.25) is 19.2 Å². The maximum atomic E-state index is 17.2. The fourth-order valence-electron chi connectivity index (χ4n) is 20.0. The van der Waals surface area contributed by atoms with Crippen molar-refractivity contribution in [3.63, 3.8) is 0 Å². The smallest absolute Gasteiger partial charge is 0.229 e. The molecule has 12 aliphatic carbocycles. The summed E-state index contributed by atoms with van der Waals surface area (Å²) in [6.45, 7) is 0. The predicted octanol–water partition coefficient (Wildman–Crippen LogP) is 14.3. The van der Waals surface area contributed by atoms with Crippen LogP contribution in [0.25, 0.3) is 0 Å². The molecule has 0 heterocycles. The van der Waals surface area contributed by atoms with Crippen LogP contribution in [0.2, 0.25) is 0 Å². The lowest BCUT2D eigenvalue weighted by Gasteiger charge is -2.70. The molecule has 0 saturated heterocycles. The van der Waals surface area contributed by atoms with Gasteiger partial charge in [-0.05, 0) is 141 Å². The molecule has 8 heteroatoms. The summed E-state index contributed by atoms with van der Waals surface area (Å²) in [4.78, 5) is 78.6. The highest BCUT2D eigenvalue weighted by Gasteiger charge is 2.77. The van der Waals surface area contributed by atoms with Gasteiger partial charge in [-0.2, -0.15) is 0 Å². The minimum atomic E-state index is -0.898. The molecule has 12 saturated carbocycles. The molecule has 0 aromatic rings. The average Bonchev–Trinajstić information content (AvgIpc) is 3.41. The Morgan fingerprint density at radius 2 is 0.314 bits per heavy atom. The lowest BCUT2D eigenvalue weighted by molar-refractivity contribution is -0.227. The lowest BCUT2D eigenvalue weighted by atomic mass is 9.34. The zero-order valence-electron chi connectivity index (χ0n) is 44.6. The van der Waals surface area contributed by atoms with Crippen molar-refractivity contribution in [3.8, 4) is 0 Å². The van der Waals surface area contributed by atoms with Crippen LogP contribution in [0.3, 0.4) is 0 Å². The summed E-state index contributed by atoms with van der Waals surface area (Å²) in [6, 6.07) is 1.82. The molecular formula is C62H100N4O4. The number of hydrogen-bond acceptors (Lipinski definition) is 4. The summed E-state index contributed by atoms with van der Waals surface area (Å²) in [5.74, 6) is 1.18. The molecule has 0 aliphatic heterocycles. The Morgan fingerprint density at radius 3 is 0.429 bits per heavy atom. The van der Waals surface area contributed by atoms with Crippen LogP contribution in [0, 0.1) is 21.7 Å². The van der Waals surface area contributed by atoms with Crippen LogP contribution in [-0.2, 0) is 19.2 Å². The van der Waals surface area contributed by atoms with Crippen LogP contribution in [-0.4, -0.2) is 91.6 Å². The van der Waals surface area contributed by atoms with E-state index in [-0.39, 0.29) is 48.3 Å². The number of carbonyl (C=O) groups is 4. The van der Waals surface area contributed by atoms with Crippen molar-refractivity contribution >= 4 is 23.6 Å². The van der Waals surface area contributed by atoms with E-state index in [0.717, 1.165) is 103 Å². The predicted molar refractivity (Wildman–Crippen MR) is 280 cm³/mol. The normalized spacial score (nSPS) is 35.1. The molecule has 0 spiro atoms. The van der Waals surface area contributed by atoms with Crippen LogP contribution in [0.4, 0.5) is 0 Å². The Bertz CT molecular complexity index is 1430. The van der Waals surface area contributed by atoms with Crippen molar-refractivity contribution in [1.29, 1.82) is 0 Å². The van der Waals surface area contributed by atoms with Crippen molar-refractivity contribution in [2.75, 3.05) is 0 Å². The fraction of sp³-hybridized carbons (Fsp3) is 0.935. The first-order chi connectivity index (χ1) is 34.2. The maximum absolute atomic E-state index is 17.2. The Balaban J connectivity index is 1.11. The van der Waals surface area contributed by atoms with Gasteiger partial charge in [-0.1, -0.05) is 154 Å². The molecule has 4 amide bonds. The molecule has 392 valence electrons. The molecule has 12 fully saturated rings. The van der Waals surface area contributed by atoms with E-state index in [1.807, 2.05) is 0 Å². The van der Waals surface area contributed by atoms with Gasteiger partial charge >= 0.3 is 0 Å². The van der Waals surface area contributed by atoms with E-state index >= 15 is 19.2 Å². The van der Waals surface area contributed by atoms with Gasteiger partial charge in [0.1, 0.15) is 0 Å². The summed E-state index contributed by atoms with van der Waals surface area (Å²) < 4.78 is 0. The third-order valence-corrected chi connectivity index (χ3v) is 22.6. The first-order valence-electron chi connectivity index (χ1n) is 31.6. The Morgan fingerprint density at radius 1 is 0.200 bits per heavy atom. The van der Waals surface area contributed by atoms with Crippen LogP contribution >= 0.6 is 0 Å². The number of nitrogens with zero attached hydrogens (tertiary/aromatic N) is 4. The van der Waals surface area contributed by atoms with E-state index in [1.54, 1.807) is 0 Å². The number of hydrogen-bond donors (Lipinski definition) is 0. The highest BCUT2D eigenvalue weighted by atomic mass is 16.2. The Kier molecular flexibility index (Phi) is 15.5. The number of carbonyl (C=O) groups excluding carboxylic acids is 4. The molecule has 12 aliphatic rings. The number of rotatable bonds is 12. The third kappa shape index (κ3) is 9.61. The molecule has 0 aromatic carbocycles. The highest BCUT2D eigenvalue weighted by Crippen LogP contribution is 2.76. The summed E-state index contributed by atoms with van der Waals surface area (Å²) in [5.41, 5.74) is -3.59. The molecule has 0 unspecified atom stereocenters. The molecule has 12 rings (SSSR count). The summed E-state index contributed by atoms with van der Waals surface area (Å²) in [5, 5.41) is 0. The zero-order valence-corrected chi connectivity index (χ0v) is 44.6. The summed E-state index contributed by atoms with van der Waals surface area (Å²) >= 11 is 0. The number of amides is 4. The van der Waals surface area contributed by atoms with Gasteiger partial charge in [0.25, 0.3) is 0 Å². The van der Waals surface area contributed by atoms with Crippen molar-refractivity contribution in [2.45, 2.75) is 344 Å². The van der Waals surface area contributed by atoms with Crippen molar-refractivity contribution in [3.05, 3.63) is 0 Å². The maximum Gasteiger partial charge on any atom is 0.229 e. The lowest BCUT2D eigenvalue weighted by Crippen LogP contribution is -2.75. The second-order valence-electron chi connectivity index (χ2n) is 27.4. The van der Waals surface area contributed by atoms with Gasteiger partial charge in [0, 0.05) is 48.3 Å². The Hall–Kier alpha value is -2.12. The molecule has 0 N–H and O–H groups in total. The first-order valence-corrected chi connectivity index (χ1v) is 31.6. The minimum Gasteiger partial charge on any atom is -0.336 e. The first kappa shape index (κ1) is 50.1. The quantitative estimate of drug-likeness (QED) is 0.195. The Labute approximate surface area is 426 Å². The van der Waals surface area contributed by atoms with E-state index < -0.39 is 21.7 Å². The van der Waals surface area contributed by atoms with Gasteiger partial charge in [0.15, 0.2) is 0 Å². The van der Waals surface area contributed by atoms with Crippen LogP contribution < -0.4 is 0 Å². The van der Waals surface area contributed by atoms with Crippen molar-refractivity contribution < 1.29 is 19.2 Å². The molecule has 0 aromatic heterocycles. The standard InChI is InChI=1S/C62H100N4O4/c67-55(63(47-25-9-1-10-26-47)48-27-11-2-12-28-48)59-41-60(56(68)64(49-29-13-3-14-30-49)50-31-15-4-16-32-50)44-61(42-59,57(69)65(51-33-17-5-18-34-51)52-35-19-6-20-36-52)46-62(43-59,45-60)58(70)66(53-37-21-7-22-38-53)54-39-23-8-24-40-54/h47-54H,1-46H2. The van der Waals surface area contributed by atoms with Crippen LogP contribution in [0.15, 0.2) is 0 Å². The van der Waals surface area contributed by atoms with Crippen LogP contribution in [0.1, 0.15) is 295 Å². The average molecular weight is 966 g/mol. The molecule has 4 bridgehead atoms. The second-order valence-corrected chi connectivity index (χ2v) is 27.4. The zero-order chi connectivity index (χ0) is 47.8. The monoisotopic (exact) mass is 965 g/mol. The SMILES string of the molecule is O=C(N(C1CCCCC1)C1CCCCC1)C12CC3(C(=O)N(C4CCCCC4)C4CCCCC4)CC(C(=O)N(C4CCCCC4)C4CCCCC4)(C1)CC(C(=O)N(C1CCCCC1)C1CCCCC1)(C2)C3. The van der Waals surface area contributed by atoms with E-state index in [2.05, 4.69) is 19.6 Å². The molecule has 8 nitrogen and oxygen atoms in total. The fourth-order valence-corrected chi connectivity index (χ4v) is 20.0.